The van der Waals surface area contributed by atoms with Gasteiger partial charge >= 0.3 is 17.9 Å². The summed E-state index contributed by atoms with van der Waals surface area (Å²) in [6.07, 6.45) is 0.383. The molecule has 0 aromatic heterocycles. The summed E-state index contributed by atoms with van der Waals surface area (Å²) < 4.78 is 9.48. The van der Waals surface area contributed by atoms with E-state index < -0.39 is 35.1 Å². The van der Waals surface area contributed by atoms with Crippen LogP contribution in [0.5, 0.6) is 0 Å². The molecule has 0 bridgehead atoms. The van der Waals surface area contributed by atoms with E-state index in [2.05, 4.69) is 4.74 Å². The number of hydrogen-bond acceptors (Lipinski definition) is 7. The van der Waals surface area contributed by atoms with Gasteiger partial charge in [0.15, 0.2) is 0 Å². The lowest BCUT2D eigenvalue weighted by Gasteiger charge is -2.32. The highest BCUT2D eigenvalue weighted by molar-refractivity contribution is 6.05. The van der Waals surface area contributed by atoms with E-state index >= 15 is 0 Å². The van der Waals surface area contributed by atoms with Crippen LogP contribution < -0.4 is 11.5 Å². The number of carbonyl (C=O) groups excluding carboxylic acids is 2. The first-order chi connectivity index (χ1) is 9.45. The molecular weight excluding hydrogens is 280 g/mol. The number of carbonyl (C=O) groups is 3. The van der Waals surface area contributed by atoms with Gasteiger partial charge in [-0.15, -0.1) is 0 Å². The topological polar surface area (TPSA) is 142 Å². The Morgan fingerprint density at radius 1 is 1.24 bits per heavy atom. The number of carboxylic acid groups (broad SMARTS) is 1. The minimum Gasteiger partial charge on any atom is -0.479 e. The number of methoxy groups -OCH3 is 1. The molecule has 0 heterocycles. The van der Waals surface area contributed by atoms with Crippen LogP contribution in [0.25, 0.3) is 0 Å². The van der Waals surface area contributed by atoms with Crippen molar-refractivity contribution in [2.24, 2.45) is 11.5 Å². The van der Waals surface area contributed by atoms with Crippen molar-refractivity contribution in [2.45, 2.75) is 57.2 Å². The maximum atomic E-state index is 12.0. The van der Waals surface area contributed by atoms with Crippen molar-refractivity contribution < 1.29 is 29.0 Å². The van der Waals surface area contributed by atoms with E-state index in [-0.39, 0.29) is 19.3 Å². The molecule has 0 aliphatic heterocycles. The van der Waals surface area contributed by atoms with E-state index in [1.165, 1.54) is 7.11 Å². The molecule has 5 N–H and O–H groups in total. The van der Waals surface area contributed by atoms with Crippen molar-refractivity contribution in [3.63, 3.8) is 0 Å². The molecule has 0 amide bonds. The number of esters is 2. The average Bonchev–Trinajstić information content (AvgIpc) is 2.34. The highest BCUT2D eigenvalue weighted by atomic mass is 16.6. The Morgan fingerprint density at radius 2 is 1.76 bits per heavy atom. The van der Waals surface area contributed by atoms with Crippen LogP contribution in [-0.2, 0) is 23.9 Å². The average molecular weight is 304 g/mol. The van der Waals surface area contributed by atoms with Gasteiger partial charge in [0, 0.05) is 12.5 Å². The van der Waals surface area contributed by atoms with Crippen molar-refractivity contribution >= 4 is 17.9 Å². The van der Waals surface area contributed by atoms with Gasteiger partial charge in [-0.3, -0.25) is 4.79 Å². The first-order valence-electron chi connectivity index (χ1n) is 6.53. The van der Waals surface area contributed by atoms with Gasteiger partial charge in [-0.05, 0) is 33.6 Å². The molecule has 2 atom stereocenters. The monoisotopic (exact) mass is 304 g/mol. The third-order valence-electron chi connectivity index (χ3n) is 2.80. The number of aliphatic carboxylic acids is 1. The molecule has 0 aromatic rings. The van der Waals surface area contributed by atoms with Gasteiger partial charge < -0.3 is 26.0 Å². The van der Waals surface area contributed by atoms with Gasteiger partial charge in [0.25, 0.3) is 0 Å². The summed E-state index contributed by atoms with van der Waals surface area (Å²) in [5.74, 6) is -3.12. The first-order valence-corrected chi connectivity index (χ1v) is 6.53. The quantitative estimate of drug-likeness (QED) is 0.433. The molecule has 0 radical (unpaired) electrons. The first kappa shape index (κ1) is 19.3. The molecule has 21 heavy (non-hydrogen) atoms. The Morgan fingerprint density at radius 3 is 2.14 bits per heavy atom. The van der Waals surface area contributed by atoms with Crippen LogP contribution in [0.2, 0.25) is 0 Å². The summed E-state index contributed by atoms with van der Waals surface area (Å²) in [6.45, 7) is 4.78. The maximum absolute atomic E-state index is 12.0. The Labute approximate surface area is 123 Å². The zero-order chi connectivity index (χ0) is 16.8. The van der Waals surface area contributed by atoms with Gasteiger partial charge in [-0.2, -0.15) is 0 Å². The molecule has 0 aliphatic rings. The summed E-state index contributed by atoms with van der Waals surface area (Å²) in [5, 5.41) is 9.23. The van der Waals surface area contributed by atoms with Crippen LogP contribution in [0.1, 0.15) is 40.0 Å². The van der Waals surface area contributed by atoms with Gasteiger partial charge in [0.1, 0.15) is 5.60 Å². The molecule has 8 nitrogen and oxygen atoms in total. The van der Waals surface area contributed by atoms with Crippen LogP contribution >= 0.6 is 0 Å². The van der Waals surface area contributed by atoms with E-state index in [4.69, 9.17) is 16.2 Å². The number of hydrogen-bond donors (Lipinski definition) is 3. The fourth-order valence-electron chi connectivity index (χ4n) is 1.56. The second-order valence-corrected chi connectivity index (χ2v) is 5.75. The van der Waals surface area contributed by atoms with Gasteiger partial charge in [0.2, 0.25) is 5.54 Å². The largest absolute Gasteiger partial charge is 0.479 e. The molecule has 0 saturated heterocycles. The fraction of sp³-hybridized carbons (Fsp3) is 0.769. The lowest BCUT2D eigenvalue weighted by atomic mass is 9.88. The van der Waals surface area contributed by atoms with Crippen LogP contribution in [0.3, 0.4) is 0 Å². The number of nitrogens with two attached hydrogens (primary N) is 2. The maximum Gasteiger partial charge on any atom is 0.340 e. The summed E-state index contributed by atoms with van der Waals surface area (Å²) in [5.41, 5.74) is 8.17. The number of rotatable bonds is 7. The predicted molar refractivity (Wildman–Crippen MR) is 74.2 cm³/mol. The Hall–Kier alpha value is -1.67. The molecule has 8 heteroatoms. The smallest absolute Gasteiger partial charge is 0.340 e. The van der Waals surface area contributed by atoms with Gasteiger partial charge in [-0.1, -0.05) is 0 Å². The number of carboxylic acids is 1. The highest BCUT2D eigenvalue weighted by Gasteiger charge is 2.50. The molecular formula is C13H24N2O6. The fourth-order valence-corrected chi connectivity index (χ4v) is 1.56. The summed E-state index contributed by atoms with van der Waals surface area (Å²) in [6, 6.07) is -1.19. The SMILES string of the molecule is COC(=O)CCCC(N)C(N)(C(=O)O)C(=O)OC(C)(C)C. The summed E-state index contributed by atoms with van der Waals surface area (Å²) in [4.78, 5) is 34.4. The van der Waals surface area contributed by atoms with E-state index in [0.29, 0.717) is 0 Å². The second kappa shape index (κ2) is 7.37. The molecule has 0 saturated carbocycles. The Bertz CT molecular complexity index is 404. The normalized spacial score (nSPS) is 15.7. The van der Waals surface area contributed by atoms with Crippen molar-refractivity contribution in [3.05, 3.63) is 0 Å². The molecule has 0 spiro atoms. The Balaban J connectivity index is 4.89. The predicted octanol–water partition coefficient (Wildman–Crippen LogP) is -0.219. The molecule has 0 aliphatic carbocycles. The molecule has 0 rings (SSSR count). The zero-order valence-corrected chi connectivity index (χ0v) is 12.8. The second-order valence-electron chi connectivity index (χ2n) is 5.75. The standard InChI is InChI=1S/C13H24N2O6/c1-12(2,3)21-11(19)13(15,10(17)18)8(14)6-5-7-9(16)20-4/h8H,5-7,14-15H2,1-4H3,(H,17,18). The van der Waals surface area contributed by atoms with E-state index in [9.17, 15) is 19.5 Å². The minimum absolute atomic E-state index is 0.0637. The van der Waals surface area contributed by atoms with Gasteiger partial charge in [-0.25, -0.2) is 9.59 Å². The summed E-state index contributed by atoms with van der Waals surface area (Å²) in [7, 11) is 1.24. The van der Waals surface area contributed by atoms with Crippen molar-refractivity contribution in [1.29, 1.82) is 0 Å². The van der Waals surface area contributed by atoms with Crippen molar-refractivity contribution in [3.8, 4) is 0 Å². The third kappa shape index (κ3) is 5.68. The third-order valence-corrected chi connectivity index (χ3v) is 2.80. The van der Waals surface area contributed by atoms with E-state index in [1.54, 1.807) is 20.8 Å². The molecule has 0 aromatic carbocycles. The summed E-state index contributed by atoms with van der Waals surface area (Å²) >= 11 is 0. The Kier molecular flexibility index (Phi) is 6.78. The van der Waals surface area contributed by atoms with E-state index in [1.807, 2.05) is 0 Å². The lowest BCUT2D eigenvalue weighted by molar-refractivity contribution is -0.170. The molecule has 0 fully saturated rings. The highest BCUT2D eigenvalue weighted by Crippen LogP contribution is 2.18. The van der Waals surface area contributed by atoms with E-state index in [0.717, 1.165) is 0 Å². The molecule has 122 valence electrons. The zero-order valence-electron chi connectivity index (χ0n) is 12.8. The minimum atomic E-state index is -2.36. The van der Waals surface area contributed by atoms with Crippen LogP contribution in [0.4, 0.5) is 0 Å². The lowest BCUT2D eigenvalue weighted by Crippen LogP contribution is -2.67. The van der Waals surface area contributed by atoms with Gasteiger partial charge in [0.05, 0.1) is 7.11 Å². The van der Waals surface area contributed by atoms with Crippen LogP contribution in [0, 0.1) is 0 Å². The van der Waals surface area contributed by atoms with Crippen LogP contribution in [-0.4, -0.2) is 47.3 Å². The molecule has 2 unspecified atom stereocenters. The van der Waals surface area contributed by atoms with Crippen molar-refractivity contribution in [2.75, 3.05) is 7.11 Å². The van der Waals surface area contributed by atoms with Crippen LogP contribution in [0.15, 0.2) is 0 Å². The van der Waals surface area contributed by atoms with Crippen molar-refractivity contribution in [1.82, 2.24) is 0 Å². The number of ether oxygens (including phenoxy) is 2.